The maximum atomic E-state index is 9.86. The lowest BCUT2D eigenvalue weighted by Gasteiger charge is -2.13. The van der Waals surface area contributed by atoms with Crippen molar-refractivity contribution in [1.29, 1.82) is 0 Å². The van der Waals surface area contributed by atoms with Gasteiger partial charge >= 0.3 is 0 Å². The molecule has 2 heterocycles. The van der Waals surface area contributed by atoms with Crippen LogP contribution in [0, 0.1) is 0 Å². The van der Waals surface area contributed by atoms with E-state index in [1.807, 2.05) is 28.9 Å². The number of hydrogen-bond acceptors (Lipinski definition) is 3. The van der Waals surface area contributed by atoms with Gasteiger partial charge in [0, 0.05) is 29.9 Å². The molecule has 1 atom stereocenters. The lowest BCUT2D eigenvalue weighted by Crippen LogP contribution is -2.13. The molecule has 3 N–H and O–H groups in total. The monoisotopic (exact) mass is 233 g/mol. The van der Waals surface area contributed by atoms with Crippen molar-refractivity contribution in [3.05, 3.63) is 35.8 Å². The van der Waals surface area contributed by atoms with Crippen molar-refractivity contribution in [3.8, 4) is 0 Å². The normalized spacial score (nSPS) is 14.2. The summed E-state index contributed by atoms with van der Waals surface area (Å²) in [6, 6.07) is 3.77. The quantitative estimate of drug-likeness (QED) is 0.828. The molecule has 0 aliphatic heterocycles. The first-order valence-corrected chi connectivity index (χ1v) is 5.79. The molecule has 0 saturated heterocycles. The molecule has 4 nitrogen and oxygen atoms in total. The molecule has 2 aromatic rings. The maximum absolute atomic E-state index is 9.86. The van der Waals surface area contributed by atoms with Gasteiger partial charge < -0.3 is 15.2 Å². The third-order valence-electron chi connectivity index (χ3n) is 2.86. The summed E-state index contributed by atoms with van der Waals surface area (Å²) in [7, 11) is 0. The topological polar surface area (TPSA) is 63.5 Å². The molecule has 4 heteroatoms. The number of aromatic nitrogens is 2. The van der Waals surface area contributed by atoms with Gasteiger partial charge in [0.25, 0.3) is 0 Å². The second-order valence-electron chi connectivity index (χ2n) is 5.32. The summed E-state index contributed by atoms with van der Waals surface area (Å²) in [6.07, 6.45) is 3.28. The third kappa shape index (κ3) is 2.18. The second-order valence-corrected chi connectivity index (χ2v) is 5.32. The van der Waals surface area contributed by atoms with Gasteiger partial charge in [-0.05, 0) is 6.07 Å². The van der Waals surface area contributed by atoms with Crippen LogP contribution < -0.4 is 5.73 Å². The lowest BCUT2D eigenvalue weighted by molar-refractivity contribution is 0.187. The molecule has 0 amide bonds. The van der Waals surface area contributed by atoms with E-state index in [4.69, 9.17) is 5.73 Å². The van der Waals surface area contributed by atoms with E-state index in [9.17, 15) is 5.11 Å². The van der Waals surface area contributed by atoms with E-state index in [1.165, 1.54) is 0 Å². The van der Waals surface area contributed by atoms with Gasteiger partial charge in [0.2, 0.25) is 0 Å². The van der Waals surface area contributed by atoms with Crippen molar-refractivity contribution >= 4 is 5.65 Å². The molecule has 0 fully saturated rings. The first kappa shape index (κ1) is 12.1. The number of aliphatic hydroxyl groups is 1. The van der Waals surface area contributed by atoms with Crippen molar-refractivity contribution < 1.29 is 5.11 Å². The predicted octanol–water partition coefficient (Wildman–Crippen LogP) is 1.62. The number of aliphatic hydroxyl groups excluding tert-OH is 1. The third-order valence-corrected chi connectivity index (χ3v) is 2.86. The molecule has 0 aliphatic carbocycles. The molecule has 0 radical (unpaired) electrons. The molecular weight excluding hydrogens is 214 g/mol. The van der Waals surface area contributed by atoms with Gasteiger partial charge in [0.05, 0.1) is 11.8 Å². The fourth-order valence-electron chi connectivity index (χ4n) is 1.78. The van der Waals surface area contributed by atoms with Crippen LogP contribution in [0.3, 0.4) is 0 Å². The summed E-state index contributed by atoms with van der Waals surface area (Å²) in [4.78, 5) is 4.60. The standard InChI is InChI=1S/C13H19N3O/c1-13(2,3)11-8-16-6-4-5-9(10(17)7-14)12(16)15-11/h4-6,8,10,17H,7,14H2,1-3H3. The van der Waals surface area contributed by atoms with Crippen LogP contribution in [0.15, 0.2) is 24.5 Å². The highest BCUT2D eigenvalue weighted by Gasteiger charge is 2.19. The smallest absolute Gasteiger partial charge is 0.142 e. The Labute approximate surface area is 101 Å². The minimum atomic E-state index is -0.658. The average molecular weight is 233 g/mol. The summed E-state index contributed by atoms with van der Waals surface area (Å²) in [5.41, 5.74) is 8.08. The van der Waals surface area contributed by atoms with E-state index < -0.39 is 6.10 Å². The Morgan fingerprint density at radius 1 is 1.47 bits per heavy atom. The molecule has 0 aromatic carbocycles. The Bertz CT molecular complexity index is 525. The number of imidazole rings is 1. The molecule has 2 rings (SSSR count). The van der Waals surface area contributed by atoms with Crippen molar-refractivity contribution in [2.75, 3.05) is 6.54 Å². The van der Waals surface area contributed by atoms with E-state index >= 15 is 0 Å². The van der Waals surface area contributed by atoms with Crippen LogP contribution in [0.1, 0.15) is 38.1 Å². The van der Waals surface area contributed by atoms with Gasteiger partial charge in [0.15, 0.2) is 0 Å². The van der Waals surface area contributed by atoms with Crippen molar-refractivity contribution in [2.45, 2.75) is 32.3 Å². The molecule has 0 bridgehead atoms. The zero-order valence-electron chi connectivity index (χ0n) is 10.5. The molecule has 1 unspecified atom stereocenters. The number of fused-ring (bicyclic) bond motifs is 1. The first-order chi connectivity index (χ1) is 7.93. The van der Waals surface area contributed by atoms with Crippen LogP contribution in [0.25, 0.3) is 5.65 Å². The number of nitrogens with zero attached hydrogens (tertiary/aromatic N) is 2. The molecule has 0 saturated carbocycles. The summed E-state index contributed by atoms with van der Waals surface area (Å²) in [5, 5.41) is 9.86. The van der Waals surface area contributed by atoms with E-state index in [0.717, 1.165) is 16.9 Å². The van der Waals surface area contributed by atoms with Gasteiger partial charge in [-0.25, -0.2) is 4.98 Å². The van der Waals surface area contributed by atoms with E-state index in [2.05, 4.69) is 25.8 Å². The van der Waals surface area contributed by atoms with Gasteiger partial charge in [-0.3, -0.25) is 0 Å². The van der Waals surface area contributed by atoms with Gasteiger partial charge in [-0.1, -0.05) is 26.8 Å². The Balaban J connectivity index is 2.61. The largest absolute Gasteiger partial charge is 0.387 e. The van der Waals surface area contributed by atoms with Crippen molar-refractivity contribution in [1.82, 2.24) is 9.38 Å². The maximum Gasteiger partial charge on any atom is 0.142 e. The Morgan fingerprint density at radius 3 is 2.76 bits per heavy atom. The summed E-state index contributed by atoms with van der Waals surface area (Å²) in [5.74, 6) is 0. The molecule has 2 aromatic heterocycles. The van der Waals surface area contributed by atoms with Crippen LogP contribution in [0.4, 0.5) is 0 Å². The van der Waals surface area contributed by atoms with Crippen molar-refractivity contribution in [2.24, 2.45) is 5.73 Å². The second kappa shape index (κ2) is 4.13. The van der Waals surface area contributed by atoms with Crippen LogP contribution in [0.5, 0.6) is 0 Å². The minimum Gasteiger partial charge on any atom is -0.387 e. The van der Waals surface area contributed by atoms with Crippen LogP contribution >= 0.6 is 0 Å². The molecule has 92 valence electrons. The van der Waals surface area contributed by atoms with Gasteiger partial charge in [0.1, 0.15) is 5.65 Å². The number of pyridine rings is 1. The van der Waals surface area contributed by atoms with Gasteiger partial charge in [-0.15, -0.1) is 0 Å². The van der Waals surface area contributed by atoms with Crippen LogP contribution in [0.2, 0.25) is 0 Å². The van der Waals surface area contributed by atoms with E-state index in [1.54, 1.807) is 0 Å². The highest BCUT2D eigenvalue weighted by Crippen LogP contribution is 2.24. The SMILES string of the molecule is CC(C)(C)c1cn2cccc(C(O)CN)c2n1. The average Bonchev–Trinajstić information content (AvgIpc) is 2.71. The fraction of sp³-hybridized carbons (Fsp3) is 0.462. The highest BCUT2D eigenvalue weighted by atomic mass is 16.3. The van der Waals surface area contributed by atoms with Gasteiger partial charge in [-0.2, -0.15) is 0 Å². The van der Waals surface area contributed by atoms with Crippen molar-refractivity contribution in [3.63, 3.8) is 0 Å². The molecule has 0 spiro atoms. The number of rotatable bonds is 2. The van der Waals surface area contributed by atoms with Crippen LogP contribution in [-0.4, -0.2) is 21.0 Å². The zero-order valence-corrected chi connectivity index (χ0v) is 10.5. The number of nitrogens with two attached hydrogens (primary N) is 1. The van der Waals surface area contributed by atoms with E-state index in [0.29, 0.717) is 0 Å². The Morgan fingerprint density at radius 2 is 2.18 bits per heavy atom. The highest BCUT2D eigenvalue weighted by molar-refractivity contribution is 5.50. The molecule has 0 aliphatic rings. The van der Waals surface area contributed by atoms with Crippen LogP contribution in [-0.2, 0) is 5.41 Å². The summed E-state index contributed by atoms with van der Waals surface area (Å²) < 4.78 is 1.94. The lowest BCUT2D eigenvalue weighted by atomic mass is 9.93. The summed E-state index contributed by atoms with van der Waals surface area (Å²) in [6.45, 7) is 6.56. The fourth-order valence-corrected chi connectivity index (χ4v) is 1.78. The van der Waals surface area contributed by atoms with E-state index in [-0.39, 0.29) is 12.0 Å². The first-order valence-electron chi connectivity index (χ1n) is 5.79. The molecular formula is C13H19N3O. The Hall–Kier alpha value is -1.39. The molecule has 17 heavy (non-hydrogen) atoms. The number of hydrogen-bond donors (Lipinski definition) is 2. The Kier molecular flexibility index (Phi) is 2.93. The predicted molar refractivity (Wildman–Crippen MR) is 67.9 cm³/mol. The summed E-state index contributed by atoms with van der Waals surface area (Å²) >= 11 is 0. The minimum absolute atomic E-state index is 0.00302. The zero-order chi connectivity index (χ0) is 12.6.